The lowest BCUT2D eigenvalue weighted by atomic mass is 10.1. The highest BCUT2D eigenvalue weighted by Crippen LogP contribution is 2.32. The van der Waals surface area contributed by atoms with E-state index in [1.807, 2.05) is 0 Å². The number of halogens is 2. The largest absolute Gasteiger partial charge is 0.492 e. The smallest absolute Gasteiger partial charge is 0.306 e. The number of nitrogens with zero attached hydrogens (tertiary/aromatic N) is 1. The zero-order chi connectivity index (χ0) is 13.1. The van der Waals surface area contributed by atoms with Gasteiger partial charge in [0.2, 0.25) is 5.82 Å². The molecule has 0 spiro atoms. The van der Waals surface area contributed by atoms with Gasteiger partial charge in [0.05, 0.1) is 23.2 Å². The predicted molar refractivity (Wildman–Crippen MR) is 62.5 cm³/mol. The summed E-state index contributed by atoms with van der Waals surface area (Å²) in [5.74, 6) is -0.590. The van der Waals surface area contributed by atoms with E-state index in [9.17, 15) is 14.5 Å². The fourth-order valence-electron chi connectivity index (χ4n) is 1.69. The fourth-order valence-corrected chi connectivity index (χ4v) is 1.90. The Bertz CT molecular complexity index is 463. The van der Waals surface area contributed by atoms with E-state index in [1.54, 1.807) is 0 Å². The Morgan fingerprint density at radius 1 is 1.61 bits per heavy atom. The Balaban J connectivity index is 2.08. The third-order valence-electron chi connectivity index (χ3n) is 2.70. The van der Waals surface area contributed by atoms with E-state index in [4.69, 9.17) is 21.1 Å². The molecule has 1 aromatic carbocycles. The second-order valence-corrected chi connectivity index (χ2v) is 4.44. The van der Waals surface area contributed by atoms with Gasteiger partial charge in [-0.15, -0.1) is 0 Å². The van der Waals surface area contributed by atoms with Gasteiger partial charge in [-0.1, -0.05) is 11.6 Å². The molecular formula is C11H11ClFNO4. The molecule has 18 heavy (non-hydrogen) atoms. The molecule has 1 heterocycles. The van der Waals surface area contributed by atoms with Crippen molar-refractivity contribution in [3.8, 4) is 5.75 Å². The number of ether oxygens (including phenoxy) is 2. The summed E-state index contributed by atoms with van der Waals surface area (Å²) in [6.45, 7) is 1.65. The summed E-state index contributed by atoms with van der Waals surface area (Å²) in [5.41, 5.74) is -0.656. The van der Waals surface area contributed by atoms with Gasteiger partial charge in [-0.2, -0.15) is 4.39 Å². The molecule has 5 nitrogen and oxygen atoms in total. The summed E-state index contributed by atoms with van der Waals surface area (Å²) in [6.07, 6.45) is 0.882. The quantitative estimate of drug-likeness (QED) is 0.626. The summed E-state index contributed by atoms with van der Waals surface area (Å²) >= 11 is 5.80. The molecule has 2 rings (SSSR count). The minimum atomic E-state index is -0.956. The van der Waals surface area contributed by atoms with E-state index in [0.29, 0.717) is 19.8 Å². The zero-order valence-corrected chi connectivity index (χ0v) is 10.2. The van der Waals surface area contributed by atoms with E-state index in [-0.39, 0.29) is 16.7 Å². The van der Waals surface area contributed by atoms with E-state index in [2.05, 4.69) is 0 Å². The van der Waals surface area contributed by atoms with Crippen LogP contribution in [-0.2, 0) is 4.74 Å². The van der Waals surface area contributed by atoms with Gasteiger partial charge in [0.15, 0.2) is 0 Å². The lowest BCUT2D eigenvalue weighted by Crippen LogP contribution is -2.12. The maximum absolute atomic E-state index is 13.4. The number of rotatable bonds is 4. The molecule has 0 saturated carbocycles. The van der Waals surface area contributed by atoms with Gasteiger partial charge in [-0.05, 0) is 6.42 Å². The van der Waals surface area contributed by atoms with Gasteiger partial charge in [0.1, 0.15) is 5.75 Å². The standard InChI is InChI=1S/C11H11ClFNO4/c12-8-3-10(14(15)16)9(13)4-11(8)18-6-7-1-2-17-5-7/h3-4,7H,1-2,5-6H2. The van der Waals surface area contributed by atoms with Crippen LogP contribution in [0.25, 0.3) is 0 Å². The van der Waals surface area contributed by atoms with Gasteiger partial charge in [-0.3, -0.25) is 10.1 Å². The number of nitro benzene ring substituents is 1. The minimum absolute atomic E-state index is 0.0296. The van der Waals surface area contributed by atoms with Crippen LogP contribution in [0.3, 0.4) is 0 Å². The molecule has 0 aromatic heterocycles. The molecule has 1 aliphatic rings. The van der Waals surface area contributed by atoms with Crippen LogP contribution in [0, 0.1) is 21.8 Å². The monoisotopic (exact) mass is 275 g/mol. The molecule has 1 aliphatic heterocycles. The van der Waals surface area contributed by atoms with Crippen LogP contribution in [0.1, 0.15) is 6.42 Å². The fraction of sp³-hybridized carbons (Fsp3) is 0.455. The lowest BCUT2D eigenvalue weighted by molar-refractivity contribution is -0.387. The van der Waals surface area contributed by atoms with Gasteiger partial charge in [-0.25, -0.2) is 0 Å². The van der Waals surface area contributed by atoms with Crippen LogP contribution in [-0.4, -0.2) is 24.7 Å². The Morgan fingerprint density at radius 3 is 3.00 bits per heavy atom. The summed E-state index contributed by atoms with van der Waals surface area (Å²) in [7, 11) is 0. The average Bonchev–Trinajstić information content (AvgIpc) is 2.82. The van der Waals surface area contributed by atoms with E-state index in [0.717, 1.165) is 18.6 Å². The summed E-state index contributed by atoms with van der Waals surface area (Å²) in [6, 6.07) is 1.90. The van der Waals surface area contributed by atoms with Crippen LogP contribution < -0.4 is 4.74 Å². The highest BCUT2D eigenvalue weighted by Gasteiger charge is 2.20. The molecule has 1 unspecified atom stereocenters. The highest BCUT2D eigenvalue weighted by atomic mass is 35.5. The van der Waals surface area contributed by atoms with Crippen molar-refractivity contribution >= 4 is 17.3 Å². The lowest BCUT2D eigenvalue weighted by Gasteiger charge is -2.11. The van der Waals surface area contributed by atoms with Crippen LogP contribution >= 0.6 is 11.6 Å². The first-order valence-corrected chi connectivity index (χ1v) is 5.79. The first kappa shape index (κ1) is 13.0. The van der Waals surface area contributed by atoms with Crippen LogP contribution in [0.5, 0.6) is 5.75 Å². The number of nitro groups is 1. The molecular weight excluding hydrogens is 265 g/mol. The molecule has 1 atom stereocenters. The van der Waals surface area contributed by atoms with Gasteiger partial charge in [0, 0.05) is 24.7 Å². The topological polar surface area (TPSA) is 61.6 Å². The molecule has 0 N–H and O–H groups in total. The maximum Gasteiger partial charge on any atom is 0.306 e. The third kappa shape index (κ3) is 2.88. The first-order chi connectivity index (χ1) is 8.58. The molecule has 0 aliphatic carbocycles. The zero-order valence-electron chi connectivity index (χ0n) is 9.40. The van der Waals surface area contributed by atoms with Crippen molar-refractivity contribution in [1.29, 1.82) is 0 Å². The van der Waals surface area contributed by atoms with Crippen LogP contribution in [0.2, 0.25) is 5.02 Å². The first-order valence-electron chi connectivity index (χ1n) is 5.42. The van der Waals surface area contributed by atoms with E-state index < -0.39 is 16.4 Å². The Labute approximate surface area is 108 Å². The van der Waals surface area contributed by atoms with E-state index >= 15 is 0 Å². The van der Waals surface area contributed by atoms with Crippen molar-refractivity contribution in [2.45, 2.75) is 6.42 Å². The molecule has 1 saturated heterocycles. The molecule has 98 valence electrons. The van der Waals surface area contributed by atoms with Crippen molar-refractivity contribution in [1.82, 2.24) is 0 Å². The summed E-state index contributed by atoms with van der Waals surface area (Å²) in [4.78, 5) is 9.68. The molecule has 1 fully saturated rings. The normalized spacial score (nSPS) is 18.9. The third-order valence-corrected chi connectivity index (χ3v) is 2.99. The summed E-state index contributed by atoms with van der Waals surface area (Å²) < 4.78 is 23.9. The second-order valence-electron chi connectivity index (χ2n) is 4.03. The Morgan fingerprint density at radius 2 is 2.39 bits per heavy atom. The molecule has 7 heteroatoms. The molecule has 0 bridgehead atoms. The van der Waals surface area contributed by atoms with Crippen molar-refractivity contribution in [3.05, 3.63) is 33.1 Å². The SMILES string of the molecule is O=[N+]([O-])c1cc(Cl)c(OCC2CCOC2)cc1F. The molecule has 0 radical (unpaired) electrons. The predicted octanol–water partition coefficient (Wildman–Crippen LogP) is 2.80. The summed E-state index contributed by atoms with van der Waals surface area (Å²) in [5, 5.41) is 10.5. The van der Waals surface area contributed by atoms with Crippen molar-refractivity contribution in [2.24, 2.45) is 5.92 Å². The van der Waals surface area contributed by atoms with Crippen molar-refractivity contribution in [3.63, 3.8) is 0 Å². The highest BCUT2D eigenvalue weighted by molar-refractivity contribution is 6.32. The van der Waals surface area contributed by atoms with Crippen molar-refractivity contribution in [2.75, 3.05) is 19.8 Å². The van der Waals surface area contributed by atoms with Crippen LogP contribution in [0.4, 0.5) is 10.1 Å². The van der Waals surface area contributed by atoms with Crippen LogP contribution in [0.15, 0.2) is 12.1 Å². The molecule has 1 aromatic rings. The van der Waals surface area contributed by atoms with Crippen molar-refractivity contribution < 1.29 is 18.8 Å². The number of benzene rings is 1. The Kier molecular flexibility index (Phi) is 3.98. The van der Waals surface area contributed by atoms with E-state index in [1.165, 1.54) is 0 Å². The average molecular weight is 276 g/mol. The number of hydrogen-bond acceptors (Lipinski definition) is 4. The number of hydrogen-bond donors (Lipinski definition) is 0. The minimum Gasteiger partial charge on any atom is -0.492 e. The Hall–Kier alpha value is -1.40. The molecule has 0 amide bonds. The second kappa shape index (κ2) is 5.49. The van der Waals surface area contributed by atoms with Gasteiger partial charge in [0.25, 0.3) is 0 Å². The maximum atomic E-state index is 13.4. The van der Waals surface area contributed by atoms with Gasteiger partial charge >= 0.3 is 5.69 Å². The van der Waals surface area contributed by atoms with Gasteiger partial charge < -0.3 is 9.47 Å².